The van der Waals surface area contributed by atoms with E-state index in [9.17, 15) is 0 Å². The molecule has 0 aromatic heterocycles. The molecular formula is C68H61N3. The van der Waals surface area contributed by atoms with Crippen molar-refractivity contribution in [2.75, 3.05) is 14.7 Å². The molecule has 0 N–H and O–H groups in total. The summed E-state index contributed by atoms with van der Waals surface area (Å²) in [5, 5.41) is 0. The third kappa shape index (κ3) is 7.74. The first-order valence-corrected chi connectivity index (χ1v) is 26.0. The zero-order valence-corrected chi connectivity index (χ0v) is 41.1. The predicted molar refractivity (Wildman–Crippen MR) is 298 cm³/mol. The van der Waals surface area contributed by atoms with Gasteiger partial charge in [0.25, 0.3) is 0 Å². The van der Waals surface area contributed by atoms with E-state index in [1.54, 1.807) is 0 Å². The highest BCUT2D eigenvalue weighted by Crippen LogP contribution is 2.60. The first kappa shape index (κ1) is 43.4. The van der Waals surface area contributed by atoms with Gasteiger partial charge < -0.3 is 14.7 Å². The van der Waals surface area contributed by atoms with Crippen LogP contribution in [0.1, 0.15) is 74.1 Å². The molecule has 4 fully saturated rings. The first-order chi connectivity index (χ1) is 34.8. The second kappa shape index (κ2) is 17.7. The quantitative estimate of drug-likeness (QED) is 0.128. The molecule has 348 valence electrons. The molecule has 4 saturated carbocycles. The SMILES string of the molecule is Cc1cccc2c1-c1ccc(-c3ccc(N(c4ccc(C5C6CC7CC(C6)CC5C7)cc4)c4cc(N(c5ccccc5)c5ccccc5)cc(N(c5ccccc5)c5ccccc5)c4)cc3)cc1C2(C)C. The molecule has 0 spiro atoms. The maximum Gasteiger partial charge on any atom is 0.0503 e. The number of nitrogens with zero attached hydrogens (tertiary/aromatic N) is 3. The van der Waals surface area contributed by atoms with Crippen LogP contribution in [-0.4, -0.2) is 0 Å². The molecule has 0 radical (unpaired) electrons. The van der Waals surface area contributed by atoms with E-state index in [0.29, 0.717) is 5.92 Å². The van der Waals surface area contributed by atoms with Crippen LogP contribution in [0.3, 0.4) is 0 Å². The number of hydrogen-bond acceptors (Lipinski definition) is 3. The number of benzene rings is 9. The van der Waals surface area contributed by atoms with Gasteiger partial charge in [-0.15, -0.1) is 0 Å². The highest BCUT2D eigenvalue weighted by atomic mass is 15.2. The fraction of sp³-hybridized carbons (Fsp3) is 0.206. The minimum Gasteiger partial charge on any atom is -0.310 e. The summed E-state index contributed by atoms with van der Waals surface area (Å²) in [4.78, 5) is 7.28. The van der Waals surface area contributed by atoms with Crippen molar-refractivity contribution in [3.8, 4) is 22.3 Å². The van der Waals surface area contributed by atoms with Gasteiger partial charge in [-0.25, -0.2) is 0 Å². The van der Waals surface area contributed by atoms with Crippen LogP contribution in [0.2, 0.25) is 0 Å². The Kier molecular flexibility index (Phi) is 10.8. The Labute approximate surface area is 420 Å². The highest BCUT2D eigenvalue weighted by Gasteiger charge is 2.48. The van der Waals surface area contributed by atoms with E-state index >= 15 is 0 Å². The maximum absolute atomic E-state index is 2.49. The van der Waals surface area contributed by atoms with Gasteiger partial charge in [0.2, 0.25) is 0 Å². The molecule has 9 aromatic carbocycles. The minimum absolute atomic E-state index is 0.0737. The van der Waals surface area contributed by atoms with Crippen LogP contribution in [0.15, 0.2) is 224 Å². The van der Waals surface area contributed by atoms with Crippen molar-refractivity contribution in [2.24, 2.45) is 23.7 Å². The van der Waals surface area contributed by atoms with E-state index in [4.69, 9.17) is 0 Å². The first-order valence-electron chi connectivity index (χ1n) is 26.0. The van der Waals surface area contributed by atoms with Gasteiger partial charge in [0.15, 0.2) is 0 Å². The average molecular weight is 920 g/mol. The van der Waals surface area contributed by atoms with E-state index < -0.39 is 0 Å². The number of fused-ring (bicyclic) bond motifs is 3. The third-order valence-corrected chi connectivity index (χ3v) is 16.8. The lowest BCUT2D eigenvalue weighted by molar-refractivity contribution is -0.00277. The molecule has 0 saturated heterocycles. The largest absolute Gasteiger partial charge is 0.310 e. The van der Waals surface area contributed by atoms with Crippen molar-refractivity contribution in [2.45, 2.75) is 64.2 Å². The average Bonchev–Trinajstić information content (AvgIpc) is 3.64. The maximum atomic E-state index is 2.49. The highest BCUT2D eigenvalue weighted by molar-refractivity contribution is 5.90. The molecule has 3 nitrogen and oxygen atoms in total. The molecule has 5 aliphatic rings. The van der Waals surface area contributed by atoms with Crippen molar-refractivity contribution in [3.05, 3.63) is 247 Å². The Balaban J connectivity index is 0.982. The van der Waals surface area contributed by atoms with Crippen LogP contribution in [-0.2, 0) is 5.41 Å². The summed E-state index contributed by atoms with van der Waals surface area (Å²) in [6.45, 7) is 7.01. The number of aryl methyl sites for hydroxylation is 1. The van der Waals surface area contributed by atoms with Crippen LogP contribution in [0, 0.1) is 30.6 Å². The second-order valence-corrected chi connectivity index (χ2v) is 21.5. The number of anilines is 9. The Bertz CT molecular complexity index is 3140. The van der Waals surface area contributed by atoms with Crippen molar-refractivity contribution in [1.82, 2.24) is 0 Å². The third-order valence-electron chi connectivity index (χ3n) is 16.8. The molecule has 4 bridgehead atoms. The predicted octanol–water partition coefficient (Wildman–Crippen LogP) is 18.9. The van der Waals surface area contributed by atoms with Crippen molar-refractivity contribution in [3.63, 3.8) is 0 Å². The monoisotopic (exact) mass is 919 g/mol. The molecule has 0 unspecified atom stereocenters. The zero-order chi connectivity index (χ0) is 47.6. The Morgan fingerprint density at radius 3 is 1.21 bits per heavy atom. The molecule has 9 aromatic rings. The molecule has 3 heteroatoms. The van der Waals surface area contributed by atoms with Gasteiger partial charge in [0.1, 0.15) is 0 Å². The molecule has 5 aliphatic carbocycles. The van der Waals surface area contributed by atoms with E-state index in [-0.39, 0.29) is 5.41 Å². The summed E-state index contributed by atoms with van der Waals surface area (Å²) in [6.07, 6.45) is 7.14. The molecule has 14 rings (SSSR count). The van der Waals surface area contributed by atoms with Gasteiger partial charge in [-0.3, -0.25) is 0 Å². The summed E-state index contributed by atoms with van der Waals surface area (Å²) in [7, 11) is 0. The second-order valence-electron chi connectivity index (χ2n) is 21.5. The van der Waals surface area contributed by atoms with E-state index in [0.717, 1.165) is 74.9 Å². The minimum atomic E-state index is -0.0737. The fourth-order valence-electron chi connectivity index (χ4n) is 13.9. The Hall–Kier alpha value is -7.62. The summed E-state index contributed by atoms with van der Waals surface area (Å²) >= 11 is 0. The standard InChI is InChI=1S/C68H61N3/c1-46-17-16-26-64-66(46)63-36-31-51(42-65(63)68(64,2)3)49-27-32-58(33-28-49)71(59-34-29-50(30-35-59)67-52-38-47-37-48(40-52)41-53(67)39-47)62-44-60(69(54-18-8-4-9-19-54)55-20-10-5-11-21-55)43-61(45-62)70(56-22-12-6-13-23-56)57-24-14-7-15-25-57/h4-36,42-45,47-48,52-53,67H,37-41H2,1-3H3. The van der Waals surface area contributed by atoms with Gasteiger partial charge in [0.05, 0.1) is 17.1 Å². The lowest BCUT2D eigenvalue weighted by Gasteiger charge is -2.54. The number of hydrogen-bond donors (Lipinski definition) is 0. The van der Waals surface area contributed by atoms with Gasteiger partial charge in [0, 0.05) is 39.5 Å². The summed E-state index contributed by atoms with van der Waals surface area (Å²) in [5.74, 6) is 4.23. The van der Waals surface area contributed by atoms with Gasteiger partial charge in [-0.05, 0) is 210 Å². The molecule has 71 heavy (non-hydrogen) atoms. The topological polar surface area (TPSA) is 9.72 Å². The number of para-hydroxylation sites is 4. The van der Waals surface area contributed by atoms with Gasteiger partial charge in [-0.2, -0.15) is 0 Å². The van der Waals surface area contributed by atoms with Crippen molar-refractivity contribution >= 4 is 51.2 Å². The van der Waals surface area contributed by atoms with Gasteiger partial charge in [-0.1, -0.05) is 141 Å². The van der Waals surface area contributed by atoms with E-state index in [2.05, 4.69) is 260 Å². The van der Waals surface area contributed by atoms with Crippen LogP contribution in [0.4, 0.5) is 51.2 Å². The summed E-state index contributed by atoms with van der Waals surface area (Å²) < 4.78 is 0. The van der Waals surface area contributed by atoms with Crippen LogP contribution >= 0.6 is 0 Å². The molecule has 0 aliphatic heterocycles. The van der Waals surface area contributed by atoms with E-state index in [1.807, 2.05) is 0 Å². The van der Waals surface area contributed by atoms with Crippen LogP contribution in [0.5, 0.6) is 0 Å². The van der Waals surface area contributed by atoms with Gasteiger partial charge >= 0.3 is 0 Å². The fourth-order valence-corrected chi connectivity index (χ4v) is 13.9. The Morgan fingerprint density at radius 2 is 0.761 bits per heavy atom. The smallest absolute Gasteiger partial charge is 0.0503 e. The molecule has 0 atom stereocenters. The lowest BCUT2D eigenvalue weighted by Crippen LogP contribution is -2.43. The van der Waals surface area contributed by atoms with E-state index in [1.165, 1.54) is 76.6 Å². The van der Waals surface area contributed by atoms with Crippen LogP contribution in [0.25, 0.3) is 22.3 Å². The van der Waals surface area contributed by atoms with Crippen molar-refractivity contribution < 1.29 is 0 Å². The molecule has 0 amide bonds. The number of rotatable bonds is 11. The Morgan fingerprint density at radius 1 is 0.352 bits per heavy atom. The molecule has 0 heterocycles. The summed E-state index contributed by atoms with van der Waals surface area (Å²) in [5.41, 5.74) is 20.7. The summed E-state index contributed by atoms with van der Waals surface area (Å²) in [6, 6.07) is 83.4. The van der Waals surface area contributed by atoms with Crippen LogP contribution < -0.4 is 14.7 Å². The molecular weight excluding hydrogens is 859 g/mol. The van der Waals surface area contributed by atoms with Crippen molar-refractivity contribution in [1.29, 1.82) is 0 Å². The normalized spacial score (nSPS) is 20.0. The zero-order valence-electron chi connectivity index (χ0n) is 41.1. The lowest BCUT2D eigenvalue weighted by atomic mass is 9.51.